The topological polar surface area (TPSA) is 46.9 Å². The van der Waals surface area contributed by atoms with Crippen molar-refractivity contribution in [1.82, 2.24) is 14.9 Å². The van der Waals surface area contributed by atoms with Crippen LogP contribution in [-0.2, 0) is 12.8 Å². The summed E-state index contributed by atoms with van der Waals surface area (Å²) in [5.41, 5.74) is -1.37. The predicted octanol–water partition coefficient (Wildman–Crippen LogP) is 2.25. The van der Waals surface area contributed by atoms with E-state index >= 15 is 0 Å². The van der Waals surface area contributed by atoms with Gasteiger partial charge in [-0.3, -0.25) is 9.36 Å². The van der Waals surface area contributed by atoms with E-state index < -0.39 is 17.3 Å². The number of hydrogen-bond donors (Lipinski definition) is 1. The molecule has 1 N–H and O–H groups in total. The molecule has 0 saturated carbocycles. The summed E-state index contributed by atoms with van der Waals surface area (Å²) in [7, 11) is 1.58. The monoisotopic (exact) mass is 291 g/mol. The highest BCUT2D eigenvalue weighted by Crippen LogP contribution is 2.30. The molecule has 0 aliphatic carbocycles. The minimum absolute atomic E-state index is 0.0663. The molecule has 0 amide bonds. The molecular weight excluding hydrogens is 283 g/mol. The van der Waals surface area contributed by atoms with Crippen LogP contribution in [0.15, 0.2) is 23.0 Å². The van der Waals surface area contributed by atoms with Gasteiger partial charge in [-0.05, 0) is 36.8 Å². The third kappa shape index (κ3) is 2.57. The molecule has 0 spiro atoms. The maximum Gasteiger partial charge on any atom is 0.416 e. The third-order valence-electron chi connectivity index (χ3n) is 2.55. The van der Waals surface area contributed by atoms with Crippen molar-refractivity contribution in [2.75, 3.05) is 7.05 Å². The van der Waals surface area contributed by atoms with E-state index in [0.717, 1.165) is 22.8 Å². The Bertz CT molecular complexity index is 681. The molecule has 2 aromatic rings. The maximum atomic E-state index is 12.6. The van der Waals surface area contributed by atoms with Crippen molar-refractivity contribution in [2.24, 2.45) is 0 Å². The van der Waals surface area contributed by atoms with Gasteiger partial charge in [-0.15, -0.1) is 0 Å². The van der Waals surface area contributed by atoms with Gasteiger partial charge >= 0.3 is 6.18 Å². The predicted molar refractivity (Wildman–Crippen MR) is 65.1 cm³/mol. The van der Waals surface area contributed by atoms with E-state index in [2.05, 4.69) is 10.3 Å². The minimum Gasteiger partial charge on any atom is -0.302 e. The lowest BCUT2D eigenvalue weighted by Crippen LogP contribution is -2.28. The minimum atomic E-state index is -4.51. The highest BCUT2D eigenvalue weighted by atomic mass is 35.5. The van der Waals surface area contributed by atoms with Crippen molar-refractivity contribution in [3.05, 3.63) is 39.4 Å². The highest BCUT2D eigenvalue weighted by Gasteiger charge is 2.31. The first kappa shape index (κ1) is 13.8. The van der Waals surface area contributed by atoms with Gasteiger partial charge in [-0.1, -0.05) is 0 Å². The lowest BCUT2D eigenvalue weighted by Gasteiger charge is -2.10. The fraction of sp³-hybridized carbons (Fsp3) is 0.273. The molecule has 0 bridgehead atoms. The second kappa shape index (κ2) is 4.82. The average Bonchev–Trinajstić information content (AvgIpc) is 2.33. The van der Waals surface area contributed by atoms with Crippen molar-refractivity contribution in [2.45, 2.75) is 12.8 Å². The smallest absolute Gasteiger partial charge is 0.302 e. The average molecular weight is 292 g/mol. The first-order valence-electron chi connectivity index (χ1n) is 5.26. The standard InChI is InChI=1S/C11H9ClF3N3O/c1-16-5-18-9(19)7-4-6(11(13,14)15)2-3-8(7)17-10(18)12/h2-4,16H,5H2,1H3. The van der Waals surface area contributed by atoms with Crippen LogP contribution in [-0.4, -0.2) is 16.6 Å². The second-order valence-corrected chi connectivity index (χ2v) is 4.19. The van der Waals surface area contributed by atoms with Crippen LogP contribution in [0.5, 0.6) is 0 Å². The summed E-state index contributed by atoms with van der Waals surface area (Å²) in [5, 5.41) is 2.50. The lowest BCUT2D eigenvalue weighted by atomic mass is 10.1. The lowest BCUT2D eigenvalue weighted by molar-refractivity contribution is -0.137. The Kier molecular flexibility index (Phi) is 3.51. The van der Waals surface area contributed by atoms with Crippen LogP contribution in [0.1, 0.15) is 5.56 Å². The summed E-state index contributed by atoms with van der Waals surface area (Å²) in [6.45, 7) is 0.0663. The van der Waals surface area contributed by atoms with Crippen molar-refractivity contribution >= 4 is 22.5 Å². The van der Waals surface area contributed by atoms with Crippen molar-refractivity contribution in [1.29, 1.82) is 0 Å². The van der Waals surface area contributed by atoms with E-state index in [4.69, 9.17) is 11.6 Å². The number of nitrogens with one attached hydrogen (secondary N) is 1. The molecule has 2 rings (SSSR count). The number of hydrogen-bond acceptors (Lipinski definition) is 3. The Morgan fingerprint density at radius 3 is 2.68 bits per heavy atom. The van der Waals surface area contributed by atoms with E-state index in [1.165, 1.54) is 0 Å². The van der Waals surface area contributed by atoms with Crippen LogP contribution in [0.3, 0.4) is 0 Å². The van der Waals surface area contributed by atoms with Crippen LogP contribution >= 0.6 is 11.6 Å². The number of aromatic nitrogens is 2. The largest absolute Gasteiger partial charge is 0.416 e. The molecule has 0 fully saturated rings. The van der Waals surface area contributed by atoms with Gasteiger partial charge in [0.05, 0.1) is 23.1 Å². The summed E-state index contributed by atoms with van der Waals surface area (Å²) in [5.74, 6) is 0. The van der Waals surface area contributed by atoms with Gasteiger partial charge in [0.1, 0.15) is 0 Å². The second-order valence-electron chi connectivity index (χ2n) is 3.86. The molecular formula is C11H9ClF3N3O. The zero-order chi connectivity index (χ0) is 14.2. The molecule has 0 atom stereocenters. The Morgan fingerprint density at radius 1 is 1.42 bits per heavy atom. The molecule has 0 radical (unpaired) electrons. The molecule has 102 valence electrons. The normalized spacial score (nSPS) is 12.1. The SMILES string of the molecule is CNCn1c(Cl)nc2ccc(C(F)(F)F)cc2c1=O. The number of nitrogens with zero attached hydrogens (tertiary/aromatic N) is 2. The number of fused-ring (bicyclic) bond motifs is 1. The van der Waals surface area contributed by atoms with Crippen LogP contribution in [0, 0.1) is 0 Å². The summed E-state index contributed by atoms with van der Waals surface area (Å²) in [6, 6.07) is 2.79. The summed E-state index contributed by atoms with van der Waals surface area (Å²) >= 11 is 5.81. The molecule has 0 unspecified atom stereocenters. The van der Waals surface area contributed by atoms with Gasteiger partial charge in [0.15, 0.2) is 0 Å². The van der Waals surface area contributed by atoms with Gasteiger partial charge in [-0.25, -0.2) is 4.98 Å². The molecule has 0 saturated heterocycles. The van der Waals surface area contributed by atoms with Crippen LogP contribution in [0.25, 0.3) is 10.9 Å². The van der Waals surface area contributed by atoms with Gasteiger partial charge in [0, 0.05) is 0 Å². The van der Waals surface area contributed by atoms with Gasteiger partial charge in [0.2, 0.25) is 5.28 Å². The molecule has 0 aliphatic heterocycles. The number of rotatable bonds is 2. The van der Waals surface area contributed by atoms with E-state index in [1.54, 1.807) is 7.05 Å². The van der Waals surface area contributed by atoms with E-state index in [-0.39, 0.29) is 22.9 Å². The Balaban J connectivity index is 2.74. The quantitative estimate of drug-likeness (QED) is 0.863. The third-order valence-corrected chi connectivity index (χ3v) is 2.84. The molecule has 0 aliphatic rings. The molecule has 1 aromatic carbocycles. The molecule has 8 heteroatoms. The van der Waals surface area contributed by atoms with E-state index in [9.17, 15) is 18.0 Å². The molecule has 19 heavy (non-hydrogen) atoms. The van der Waals surface area contributed by atoms with Gasteiger partial charge in [-0.2, -0.15) is 13.2 Å². The Hall–Kier alpha value is -1.60. The zero-order valence-corrected chi connectivity index (χ0v) is 10.5. The summed E-state index contributed by atoms with van der Waals surface area (Å²) in [6.07, 6.45) is -4.51. The Morgan fingerprint density at radius 2 is 2.11 bits per heavy atom. The Labute approximate surface area is 110 Å². The highest BCUT2D eigenvalue weighted by molar-refractivity contribution is 6.28. The molecule has 1 aromatic heterocycles. The summed E-state index contributed by atoms with van der Waals surface area (Å²) in [4.78, 5) is 15.9. The van der Waals surface area contributed by atoms with Crippen LogP contribution in [0.4, 0.5) is 13.2 Å². The van der Waals surface area contributed by atoms with E-state index in [0.29, 0.717) is 0 Å². The van der Waals surface area contributed by atoms with Crippen molar-refractivity contribution in [3.63, 3.8) is 0 Å². The number of benzene rings is 1. The molecule has 1 heterocycles. The zero-order valence-electron chi connectivity index (χ0n) is 9.75. The van der Waals surface area contributed by atoms with Crippen LogP contribution in [0.2, 0.25) is 5.28 Å². The number of halogens is 4. The fourth-order valence-corrected chi connectivity index (χ4v) is 1.89. The van der Waals surface area contributed by atoms with Gasteiger partial charge < -0.3 is 5.32 Å². The maximum absolute atomic E-state index is 12.6. The van der Waals surface area contributed by atoms with Crippen molar-refractivity contribution in [3.8, 4) is 0 Å². The van der Waals surface area contributed by atoms with Gasteiger partial charge in [0.25, 0.3) is 5.56 Å². The number of alkyl halides is 3. The summed E-state index contributed by atoms with van der Waals surface area (Å²) < 4.78 is 38.9. The first-order chi connectivity index (χ1) is 8.84. The van der Waals surface area contributed by atoms with Crippen LogP contribution < -0.4 is 10.9 Å². The molecule has 4 nitrogen and oxygen atoms in total. The van der Waals surface area contributed by atoms with E-state index in [1.807, 2.05) is 0 Å². The fourth-order valence-electron chi connectivity index (χ4n) is 1.67. The first-order valence-corrected chi connectivity index (χ1v) is 5.64. The van der Waals surface area contributed by atoms with Crippen molar-refractivity contribution < 1.29 is 13.2 Å².